The van der Waals surface area contributed by atoms with E-state index in [0.717, 1.165) is 6.42 Å². The van der Waals surface area contributed by atoms with Crippen LogP contribution in [0.25, 0.3) is 5.57 Å². The molecule has 1 aromatic carbocycles. The molecule has 0 radical (unpaired) electrons. The lowest BCUT2D eigenvalue weighted by atomic mass is 10.2. The van der Waals surface area contributed by atoms with Crippen molar-refractivity contribution in [3.05, 3.63) is 52.2 Å². The molecule has 0 atom stereocenters. The van der Waals surface area contributed by atoms with E-state index in [4.69, 9.17) is 0 Å². The molecule has 0 amide bonds. The van der Waals surface area contributed by atoms with Gasteiger partial charge in [0.2, 0.25) is 0 Å². The van der Waals surface area contributed by atoms with Crippen LogP contribution in [0.15, 0.2) is 41.2 Å². The van der Waals surface area contributed by atoms with Crippen LogP contribution in [0.2, 0.25) is 0 Å². The third-order valence-corrected chi connectivity index (χ3v) is 1.74. The Kier molecular flexibility index (Phi) is 1.35. The Morgan fingerprint density at radius 3 is 2.64 bits per heavy atom. The summed E-state index contributed by atoms with van der Waals surface area (Å²) in [6, 6.07) is 8.83. The highest BCUT2D eigenvalue weighted by molar-refractivity contribution is 5.76. The largest absolute Gasteiger partial charge is 0.290 e. The summed E-state index contributed by atoms with van der Waals surface area (Å²) < 4.78 is 0. The minimum atomic E-state index is 0.0671. The summed E-state index contributed by atoms with van der Waals surface area (Å²) in [5.74, 6) is 0. The van der Waals surface area contributed by atoms with Crippen molar-refractivity contribution in [1.29, 1.82) is 0 Å². The molecule has 0 N–H and O–H groups in total. The van der Waals surface area contributed by atoms with Crippen LogP contribution in [0.3, 0.4) is 0 Å². The Balaban J connectivity index is 2.53. The molecule has 1 heteroatoms. The van der Waals surface area contributed by atoms with Crippen LogP contribution in [-0.2, 0) is 0 Å². The quantitative estimate of drug-likeness (QED) is 0.587. The lowest BCUT2D eigenvalue weighted by molar-refractivity contribution is 1.63. The molecule has 0 saturated heterocycles. The molecule has 1 aliphatic rings. The standard InChI is InChI=1S/C10H8O/c11-10-3-1-2-8(6-7-10)9-4-5-9/h1-4,6-7H,5H2. The van der Waals surface area contributed by atoms with Gasteiger partial charge in [-0.1, -0.05) is 24.3 Å². The van der Waals surface area contributed by atoms with Crippen molar-refractivity contribution in [2.24, 2.45) is 0 Å². The first-order valence-corrected chi connectivity index (χ1v) is 3.66. The van der Waals surface area contributed by atoms with Gasteiger partial charge in [-0.25, -0.2) is 0 Å². The monoisotopic (exact) mass is 144 g/mol. The Bertz CT molecular complexity index is 363. The normalized spacial score (nSPS) is 14.0. The van der Waals surface area contributed by atoms with Crippen molar-refractivity contribution in [3.63, 3.8) is 0 Å². The van der Waals surface area contributed by atoms with E-state index >= 15 is 0 Å². The maximum Gasteiger partial charge on any atom is 0.178 e. The van der Waals surface area contributed by atoms with Gasteiger partial charge in [0, 0.05) is 0 Å². The maximum atomic E-state index is 10.8. The Hall–Kier alpha value is -1.37. The van der Waals surface area contributed by atoms with Gasteiger partial charge >= 0.3 is 0 Å². The van der Waals surface area contributed by atoms with Gasteiger partial charge in [0.15, 0.2) is 5.43 Å². The predicted octanol–water partition coefficient (Wildman–Crippen LogP) is 1.83. The molecule has 0 unspecified atom stereocenters. The van der Waals surface area contributed by atoms with Crippen LogP contribution < -0.4 is 5.43 Å². The van der Waals surface area contributed by atoms with E-state index in [1.807, 2.05) is 12.1 Å². The molecular weight excluding hydrogens is 136 g/mol. The molecule has 1 nitrogen and oxygen atoms in total. The fraction of sp³-hybridized carbons (Fsp3) is 0.100. The topological polar surface area (TPSA) is 17.1 Å². The molecule has 2 rings (SSSR count). The van der Waals surface area contributed by atoms with Crippen LogP contribution >= 0.6 is 0 Å². The first-order chi connectivity index (χ1) is 5.36. The highest BCUT2D eigenvalue weighted by Gasteiger charge is 2.07. The SMILES string of the molecule is O=c1cccc(C2=CC2)cc1. The zero-order valence-electron chi connectivity index (χ0n) is 6.08. The molecule has 0 spiro atoms. The molecule has 0 aliphatic heterocycles. The van der Waals surface area contributed by atoms with E-state index in [-0.39, 0.29) is 5.43 Å². The van der Waals surface area contributed by atoms with E-state index in [2.05, 4.69) is 6.08 Å². The molecule has 54 valence electrons. The zero-order valence-corrected chi connectivity index (χ0v) is 6.08. The van der Waals surface area contributed by atoms with Crippen LogP contribution in [0.4, 0.5) is 0 Å². The average Bonchev–Trinajstić information content (AvgIpc) is 2.73. The summed E-state index contributed by atoms with van der Waals surface area (Å²) in [5.41, 5.74) is 2.59. The second kappa shape index (κ2) is 2.35. The second-order valence-corrected chi connectivity index (χ2v) is 2.65. The van der Waals surface area contributed by atoms with Crippen LogP contribution in [0.5, 0.6) is 0 Å². The van der Waals surface area contributed by atoms with Crippen molar-refractivity contribution < 1.29 is 0 Å². The highest BCUT2D eigenvalue weighted by Crippen LogP contribution is 2.29. The van der Waals surface area contributed by atoms with Crippen molar-refractivity contribution >= 4 is 5.57 Å². The first kappa shape index (κ1) is 6.35. The minimum absolute atomic E-state index is 0.0671. The molecule has 0 aromatic heterocycles. The highest BCUT2D eigenvalue weighted by atomic mass is 16.1. The lowest BCUT2D eigenvalue weighted by Crippen LogP contribution is -1.87. The van der Waals surface area contributed by atoms with Crippen molar-refractivity contribution in [2.75, 3.05) is 0 Å². The number of allylic oxidation sites excluding steroid dienone is 2. The average molecular weight is 144 g/mol. The fourth-order valence-corrected chi connectivity index (χ4v) is 1.03. The van der Waals surface area contributed by atoms with Gasteiger partial charge in [0.1, 0.15) is 0 Å². The van der Waals surface area contributed by atoms with Gasteiger partial charge in [-0.2, -0.15) is 0 Å². The van der Waals surface area contributed by atoms with E-state index in [9.17, 15) is 4.79 Å². The zero-order chi connectivity index (χ0) is 7.68. The van der Waals surface area contributed by atoms with E-state index in [0.29, 0.717) is 0 Å². The molecule has 11 heavy (non-hydrogen) atoms. The summed E-state index contributed by atoms with van der Waals surface area (Å²) in [6.45, 7) is 0. The van der Waals surface area contributed by atoms with Gasteiger partial charge in [0.05, 0.1) is 0 Å². The molecule has 0 fully saturated rings. The lowest BCUT2D eigenvalue weighted by Gasteiger charge is -1.83. The van der Waals surface area contributed by atoms with Gasteiger partial charge in [-0.05, 0) is 29.7 Å². The van der Waals surface area contributed by atoms with E-state index in [1.54, 1.807) is 18.2 Å². The predicted molar refractivity (Wildman–Crippen MR) is 45.3 cm³/mol. The Labute approximate surface area is 65.0 Å². The van der Waals surface area contributed by atoms with E-state index < -0.39 is 0 Å². The van der Waals surface area contributed by atoms with Crippen molar-refractivity contribution in [3.8, 4) is 0 Å². The number of hydrogen-bond donors (Lipinski definition) is 0. The molecular formula is C10H8O. The molecule has 1 aromatic rings. The van der Waals surface area contributed by atoms with Gasteiger partial charge in [-0.3, -0.25) is 4.79 Å². The van der Waals surface area contributed by atoms with Crippen LogP contribution in [0.1, 0.15) is 12.0 Å². The summed E-state index contributed by atoms with van der Waals surface area (Å²) in [7, 11) is 0. The van der Waals surface area contributed by atoms with Gasteiger partial charge in [0.25, 0.3) is 0 Å². The first-order valence-electron chi connectivity index (χ1n) is 3.66. The summed E-state index contributed by atoms with van der Waals surface area (Å²) in [6.07, 6.45) is 3.23. The molecule has 1 aliphatic carbocycles. The van der Waals surface area contributed by atoms with Gasteiger partial charge < -0.3 is 0 Å². The van der Waals surface area contributed by atoms with Crippen molar-refractivity contribution in [1.82, 2.24) is 0 Å². The Morgan fingerprint density at radius 2 is 1.91 bits per heavy atom. The molecule has 0 bridgehead atoms. The third kappa shape index (κ3) is 1.37. The van der Waals surface area contributed by atoms with Crippen LogP contribution in [-0.4, -0.2) is 0 Å². The fourth-order valence-electron chi connectivity index (χ4n) is 1.03. The minimum Gasteiger partial charge on any atom is -0.290 e. The summed E-state index contributed by atoms with van der Waals surface area (Å²) in [5, 5.41) is 0. The molecule has 0 heterocycles. The second-order valence-electron chi connectivity index (χ2n) is 2.65. The summed E-state index contributed by atoms with van der Waals surface area (Å²) >= 11 is 0. The van der Waals surface area contributed by atoms with E-state index in [1.165, 1.54) is 11.1 Å². The molecule has 0 saturated carbocycles. The maximum absolute atomic E-state index is 10.8. The summed E-state index contributed by atoms with van der Waals surface area (Å²) in [4.78, 5) is 10.8. The van der Waals surface area contributed by atoms with Gasteiger partial charge in [-0.15, -0.1) is 0 Å². The smallest absolute Gasteiger partial charge is 0.178 e. The van der Waals surface area contributed by atoms with Crippen molar-refractivity contribution in [2.45, 2.75) is 6.42 Å². The third-order valence-electron chi connectivity index (χ3n) is 1.74. The Morgan fingerprint density at radius 1 is 1.09 bits per heavy atom. The van der Waals surface area contributed by atoms with Crippen LogP contribution in [0, 0.1) is 0 Å². The number of rotatable bonds is 1. The number of hydrogen-bond acceptors (Lipinski definition) is 1.